The van der Waals surface area contributed by atoms with Crippen LogP contribution in [-0.4, -0.2) is 41.4 Å². The molecular formula is C35H37ClF4N4O4. The molecule has 2 aliphatic rings. The first-order chi connectivity index (χ1) is 22.8. The number of carbonyl (C=O) groups excluding carboxylic acids is 3. The molecule has 256 valence electrons. The number of amides is 3. The van der Waals surface area contributed by atoms with Crippen molar-refractivity contribution in [1.82, 2.24) is 9.88 Å². The summed E-state index contributed by atoms with van der Waals surface area (Å²) in [6.45, 7) is 3.37. The van der Waals surface area contributed by atoms with Gasteiger partial charge in [-0.1, -0.05) is 37.9 Å². The summed E-state index contributed by atoms with van der Waals surface area (Å²) in [5.74, 6) is -2.98. The predicted molar refractivity (Wildman–Crippen MR) is 174 cm³/mol. The standard InChI is InChI=1S/C35H37ClF4N4O4/c1-19(30-25(35(38,39)40)11-12-26(36)31(30)37)14-16-44(33(46)21-7-8-21)29-6-4-5-20(2)32(45)43-27-18-23(42-34(47)48-3)9-10-24(27)22-13-15-41-28(29)17-22/h9-13,15,17-21,29H,4-8,14,16H2,1-3H3,(H,42,47)(H,43,45). The molecule has 0 spiro atoms. The number of aromatic nitrogens is 1. The number of pyridine rings is 1. The summed E-state index contributed by atoms with van der Waals surface area (Å²) in [6.07, 6.45) is -0.892. The van der Waals surface area contributed by atoms with Crippen LogP contribution in [0, 0.1) is 17.7 Å². The number of nitrogens with zero attached hydrogens (tertiary/aromatic N) is 2. The van der Waals surface area contributed by atoms with Gasteiger partial charge >= 0.3 is 12.3 Å². The van der Waals surface area contributed by atoms with Gasteiger partial charge in [0.15, 0.2) is 0 Å². The van der Waals surface area contributed by atoms with Crippen molar-refractivity contribution < 1.29 is 36.7 Å². The third kappa shape index (κ3) is 7.91. The van der Waals surface area contributed by atoms with Gasteiger partial charge in [0.25, 0.3) is 0 Å². The third-order valence-corrected chi connectivity index (χ3v) is 9.32. The van der Waals surface area contributed by atoms with Crippen LogP contribution in [0.2, 0.25) is 5.02 Å². The van der Waals surface area contributed by atoms with E-state index in [0.29, 0.717) is 60.3 Å². The maximum absolute atomic E-state index is 15.1. The lowest BCUT2D eigenvalue weighted by Gasteiger charge is -2.34. The molecule has 3 amide bonds. The van der Waals surface area contributed by atoms with Crippen LogP contribution < -0.4 is 10.6 Å². The smallest absolute Gasteiger partial charge is 0.416 e. The number of anilines is 2. The molecule has 3 aromatic rings. The van der Waals surface area contributed by atoms with Crippen molar-refractivity contribution >= 4 is 40.9 Å². The number of nitrogens with one attached hydrogen (secondary N) is 2. The van der Waals surface area contributed by atoms with Crippen LogP contribution in [0.25, 0.3) is 11.1 Å². The van der Waals surface area contributed by atoms with E-state index >= 15 is 4.39 Å². The molecule has 1 aliphatic heterocycles. The lowest BCUT2D eigenvalue weighted by atomic mass is 9.91. The first-order valence-corrected chi connectivity index (χ1v) is 16.3. The highest BCUT2D eigenvalue weighted by atomic mass is 35.5. The molecule has 2 N–H and O–H groups in total. The maximum Gasteiger partial charge on any atom is 0.416 e. The molecule has 48 heavy (non-hydrogen) atoms. The number of benzene rings is 2. The number of hydrogen-bond donors (Lipinski definition) is 2. The van der Waals surface area contributed by atoms with Gasteiger partial charge in [-0.25, -0.2) is 9.18 Å². The Kier molecular flexibility index (Phi) is 10.6. The number of ether oxygens (including phenoxy) is 1. The number of fused-ring (bicyclic) bond motifs is 4. The van der Waals surface area contributed by atoms with Crippen molar-refractivity contribution in [3.05, 3.63) is 76.3 Å². The van der Waals surface area contributed by atoms with E-state index in [1.807, 2.05) is 6.07 Å². The minimum absolute atomic E-state index is 0.0482. The highest BCUT2D eigenvalue weighted by Gasteiger charge is 2.39. The molecule has 2 bridgehead atoms. The lowest BCUT2D eigenvalue weighted by molar-refractivity contribution is -0.139. The Morgan fingerprint density at radius 3 is 2.56 bits per heavy atom. The quantitative estimate of drug-likeness (QED) is 0.242. The number of carbonyl (C=O) groups is 3. The fourth-order valence-electron chi connectivity index (χ4n) is 6.17. The molecule has 1 aliphatic carbocycles. The Balaban J connectivity index is 1.52. The summed E-state index contributed by atoms with van der Waals surface area (Å²) in [6, 6.07) is 9.80. The monoisotopic (exact) mass is 688 g/mol. The molecule has 1 saturated carbocycles. The lowest BCUT2D eigenvalue weighted by Crippen LogP contribution is -2.38. The summed E-state index contributed by atoms with van der Waals surface area (Å²) >= 11 is 5.92. The van der Waals surface area contributed by atoms with Gasteiger partial charge in [0.05, 0.1) is 35.1 Å². The van der Waals surface area contributed by atoms with Crippen molar-refractivity contribution in [2.24, 2.45) is 11.8 Å². The average Bonchev–Trinajstić information content (AvgIpc) is 3.90. The Hall–Kier alpha value is -4.19. The molecule has 0 saturated heterocycles. The molecule has 3 unspecified atom stereocenters. The van der Waals surface area contributed by atoms with E-state index in [0.717, 1.165) is 12.1 Å². The van der Waals surface area contributed by atoms with Gasteiger partial charge in [-0.15, -0.1) is 0 Å². The minimum atomic E-state index is -4.79. The fourth-order valence-corrected chi connectivity index (χ4v) is 6.33. The first-order valence-electron chi connectivity index (χ1n) is 15.9. The number of rotatable bonds is 7. The van der Waals surface area contributed by atoms with E-state index in [1.54, 1.807) is 42.3 Å². The molecule has 1 aromatic heterocycles. The van der Waals surface area contributed by atoms with Crippen molar-refractivity contribution in [2.75, 3.05) is 24.3 Å². The van der Waals surface area contributed by atoms with Gasteiger partial charge < -0.3 is 15.0 Å². The van der Waals surface area contributed by atoms with Gasteiger partial charge in [0, 0.05) is 41.4 Å². The van der Waals surface area contributed by atoms with E-state index in [2.05, 4.69) is 15.6 Å². The van der Waals surface area contributed by atoms with Crippen LogP contribution in [-0.2, 0) is 20.5 Å². The SMILES string of the molecule is COC(=O)Nc1ccc2c(c1)NC(=O)C(C)CCCC(N(CCC(C)c1c(C(F)(F)F)ccc(Cl)c1F)C(=O)C1CC1)c1cc-2ccn1. The van der Waals surface area contributed by atoms with Gasteiger partial charge in [0.2, 0.25) is 11.8 Å². The molecule has 8 nitrogen and oxygen atoms in total. The molecule has 3 atom stereocenters. The highest BCUT2D eigenvalue weighted by molar-refractivity contribution is 6.30. The second kappa shape index (κ2) is 14.5. The molecule has 0 radical (unpaired) electrons. The van der Waals surface area contributed by atoms with E-state index in [9.17, 15) is 27.6 Å². The Morgan fingerprint density at radius 2 is 1.88 bits per heavy atom. The average molecular weight is 689 g/mol. The Morgan fingerprint density at radius 1 is 1.12 bits per heavy atom. The zero-order valence-electron chi connectivity index (χ0n) is 26.8. The summed E-state index contributed by atoms with van der Waals surface area (Å²) in [5.41, 5.74) is 1.19. The topological polar surface area (TPSA) is 101 Å². The van der Waals surface area contributed by atoms with Crippen molar-refractivity contribution in [3.63, 3.8) is 0 Å². The molecule has 2 heterocycles. The van der Waals surface area contributed by atoms with Gasteiger partial charge in [-0.2, -0.15) is 13.2 Å². The van der Waals surface area contributed by atoms with Crippen LogP contribution in [0.1, 0.15) is 81.2 Å². The number of halogens is 5. The number of methoxy groups -OCH3 is 1. The van der Waals surface area contributed by atoms with Crippen LogP contribution >= 0.6 is 11.6 Å². The number of alkyl halides is 3. The molecule has 5 rings (SSSR count). The molecular weight excluding hydrogens is 652 g/mol. The van der Waals surface area contributed by atoms with Crippen LogP contribution in [0.4, 0.5) is 33.7 Å². The molecule has 1 fully saturated rings. The second-order valence-corrected chi connectivity index (χ2v) is 12.9. The van der Waals surface area contributed by atoms with Crippen LogP contribution in [0.3, 0.4) is 0 Å². The normalized spacial score (nSPS) is 18.8. The van der Waals surface area contributed by atoms with Crippen LogP contribution in [0.5, 0.6) is 0 Å². The van der Waals surface area contributed by atoms with E-state index < -0.39 is 52.1 Å². The maximum atomic E-state index is 15.1. The van der Waals surface area contributed by atoms with Gasteiger partial charge in [0.1, 0.15) is 5.82 Å². The zero-order chi connectivity index (χ0) is 34.7. The largest absolute Gasteiger partial charge is 0.453 e. The van der Waals surface area contributed by atoms with Gasteiger partial charge in [-0.3, -0.25) is 19.9 Å². The summed E-state index contributed by atoms with van der Waals surface area (Å²) in [5, 5.41) is 5.18. The molecule has 2 aromatic carbocycles. The Labute approximate surface area is 281 Å². The van der Waals surface area contributed by atoms with Crippen LogP contribution in [0.15, 0.2) is 48.7 Å². The zero-order valence-corrected chi connectivity index (χ0v) is 27.6. The number of hydrogen-bond acceptors (Lipinski definition) is 5. The summed E-state index contributed by atoms with van der Waals surface area (Å²) in [4.78, 5) is 45.3. The molecule has 13 heteroatoms. The van der Waals surface area contributed by atoms with E-state index in [1.165, 1.54) is 14.0 Å². The third-order valence-electron chi connectivity index (χ3n) is 9.02. The van der Waals surface area contributed by atoms with Crippen molar-refractivity contribution in [2.45, 2.75) is 70.5 Å². The highest BCUT2D eigenvalue weighted by Crippen LogP contribution is 2.42. The minimum Gasteiger partial charge on any atom is -0.453 e. The van der Waals surface area contributed by atoms with E-state index in [-0.39, 0.29) is 30.7 Å². The first kappa shape index (κ1) is 35.1. The van der Waals surface area contributed by atoms with E-state index in [4.69, 9.17) is 16.3 Å². The predicted octanol–water partition coefficient (Wildman–Crippen LogP) is 8.97. The second-order valence-electron chi connectivity index (χ2n) is 12.5. The summed E-state index contributed by atoms with van der Waals surface area (Å²) in [7, 11) is 1.24. The fraction of sp³-hybridized carbons (Fsp3) is 0.429. The Bertz CT molecular complexity index is 1700. The van der Waals surface area contributed by atoms with Crippen molar-refractivity contribution in [1.29, 1.82) is 0 Å². The van der Waals surface area contributed by atoms with Crippen molar-refractivity contribution in [3.8, 4) is 11.1 Å². The summed E-state index contributed by atoms with van der Waals surface area (Å²) < 4.78 is 61.6. The van der Waals surface area contributed by atoms with Gasteiger partial charge in [-0.05, 0) is 80.0 Å².